The summed E-state index contributed by atoms with van der Waals surface area (Å²) in [5.41, 5.74) is 3.21. The largest absolute Gasteiger partial charge is 0.410 e. The van der Waals surface area contributed by atoms with Gasteiger partial charge in [-0.05, 0) is 24.3 Å². The maximum atomic E-state index is 14.8. The smallest absolute Gasteiger partial charge is 0.409 e. The number of amides is 1. The summed E-state index contributed by atoms with van der Waals surface area (Å²) in [5, 5.41) is 1.54. The molecular weight excluding hydrogens is 389 g/mol. The quantitative estimate of drug-likeness (QED) is 0.701. The minimum atomic E-state index is -1.19. The van der Waals surface area contributed by atoms with E-state index in [1.165, 1.54) is 12.1 Å². The topological polar surface area (TPSA) is 99.2 Å². The maximum Gasteiger partial charge on any atom is 0.410 e. The number of fused-ring (bicyclic) bond motifs is 1. The first-order valence-electron chi connectivity index (χ1n) is 7.29. The van der Waals surface area contributed by atoms with Gasteiger partial charge in [0.2, 0.25) is 0 Å². The molecule has 0 aliphatic rings. The van der Waals surface area contributed by atoms with E-state index in [4.69, 9.17) is 17.3 Å². The Balaban J connectivity index is 2.13. The predicted molar refractivity (Wildman–Crippen MR) is 92.0 cm³/mol. The molecule has 11 heteroatoms. The minimum absolute atomic E-state index is 0.00914. The highest BCUT2D eigenvalue weighted by molar-refractivity contribution is 6.35. The summed E-state index contributed by atoms with van der Waals surface area (Å²) in [6, 6.07) is 4.47. The molecule has 0 aliphatic heterocycles. The fourth-order valence-corrected chi connectivity index (χ4v) is 2.60. The lowest BCUT2D eigenvalue weighted by molar-refractivity contribution is 0.211. The number of hydrogen-bond donors (Lipinski definition) is 2. The van der Waals surface area contributed by atoms with Gasteiger partial charge in [0.1, 0.15) is 22.6 Å². The number of rotatable bonds is 4. The highest BCUT2D eigenvalue weighted by atomic mass is 35.5. The number of nitrogens with one attached hydrogen (secondary N) is 1. The van der Waals surface area contributed by atoms with Crippen molar-refractivity contribution in [2.75, 3.05) is 5.32 Å². The van der Waals surface area contributed by atoms with Crippen molar-refractivity contribution < 1.29 is 22.7 Å². The highest BCUT2D eigenvalue weighted by Crippen LogP contribution is 2.37. The van der Waals surface area contributed by atoms with E-state index in [1.54, 1.807) is 0 Å². The molecule has 3 rings (SSSR count). The van der Waals surface area contributed by atoms with Gasteiger partial charge in [-0.2, -0.15) is 0 Å². The number of carbonyl (C=O) groups is 1. The van der Waals surface area contributed by atoms with E-state index in [1.807, 2.05) is 0 Å². The number of alkyl halides is 1. The summed E-state index contributed by atoms with van der Waals surface area (Å²) in [6.45, 7) is -1.19. The lowest BCUT2D eigenvalue weighted by Gasteiger charge is -2.14. The fourth-order valence-electron chi connectivity index (χ4n) is 2.36. The molecule has 1 amide bonds. The number of nitrogens with zero attached hydrogens (tertiary/aromatic N) is 2. The molecule has 140 valence electrons. The average molecular weight is 399 g/mol. The van der Waals surface area contributed by atoms with Crippen LogP contribution in [0.1, 0.15) is 0 Å². The molecule has 1 aromatic heterocycles. The first kappa shape index (κ1) is 18.5. The number of halogens is 4. The van der Waals surface area contributed by atoms with E-state index in [0.717, 1.165) is 18.5 Å². The number of nitrogens with two attached hydrogens (primary N) is 1. The summed E-state index contributed by atoms with van der Waals surface area (Å²) in [4.78, 5) is 26.8. The van der Waals surface area contributed by atoms with Gasteiger partial charge in [-0.3, -0.25) is 9.36 Å². The molecule has 0 saturated heterocycles. The second kappa shape index (κ2) is 7.16. The van der Waals surface area contributed by atoms with E-state index in [-0.39, 0.29) is 22.0 Å². The second-order valence-electron chi connectivity index (χ2n) is 5.24. The van der Waals surface area contributed by atoms with Crippen LogP contribution in [-0.2, 0) is 6.80 Å². The Morgan fingerprint density at radius 3 is 2.70 bits per heavy atom. The highest BCUT2D eigenvalue weighted by Gasteiger charge is 2.19. The van der Waals surface area contributed by atoms with Gasteiger partial charge in [-0.25, -0.2) is 22.9 Å². The van der Waals surface area contributed by atoms with Crippen molar-refractivity contribution in [3.8, 4) is 5.75 Å². The molecule has 0 radical (unpaired) electrons. The molecule has 0 aliphatic carbocycles. The Kier molecular flexibility index (Phi) is 4.91. The summed E-state index contributed by atoms with van der Waals surface area (Å²) in [5.74, 6) is -2.22. The van der Waals surface area contributed by atoms with Crippen molar-refractivity contribution in [1.82, 2.24) is 9.55 Å². The van der Waals surface area contributed by atoms with Gasteiger partial charge in [0.15, 0.2) is 18.4 Å². The number of hydrogen-bond acceptors (Lipinski definition) is 5. The zero-order valence-corrected chi connectivity index (χ0v) is 14.1. The number of aromatic nitrogens is 2. The van der Waals surface area contributed by atoms with Crippen LogP contribution in [0.15, 0.2) is 35.4 Å². The van der Waals surface area contributed by atoms with Crippen LogP contribution in [0.4, 0.5) is 29.3 Å². The molecule has 0 atom stereocenters. The van der Waals surface area contributed by atoms with Gasteiger partial charge < -0.3 is 15.8 Å². The Morgan fingerprint density at radius 1 is 1.30 bits per heavy atom. The van der Waals surface area contributed by atoms with Crippen LogP contribution < -0.4 is 21.3 Å². The molecule has 27 heavy (non-hydrogen) atoms. The standard InChI is InChI=1S/C16H10ClF3N4O3/c17-12-10(27-16(21)26)4-1-7(19)14(12)23-9-3-2-8-11(13(9)20)15(25)24(5-18)6-22-8/h1-4,6,23H,5H2,(H2,21,26). The van der Waals surface area contributed by atoms with Crippen LogP contribution in [0.5, 0.6) is 5.75 Å². The third kappa shape index (κ3) is 3.38. The van der Waals surface area contributed by atoms with Crippen LogP contribution in [0.3, 0.4) is 0 Å². The minimum Gasteiger partial charge on any atom is -0.409 e. The fraction of sp³-hybridized carbons (Fsp3) is 0.0625. The van der Waals surface area contributed by atoms with Gasteiger partial charge in [-0.1, -0.05) is 11.6 Å². The Labute approximate surface area is 154 Å². The van der Waals surface area contributed by atoms with Gasteiger partial charge in [0.25, 0.3) is 5.56 Å². The normalized spacial score (nSPS) is 10.8. The van der Waals surface area contributed by atoms with E-state index in [9.17, 15) is 22.8 Å². The number of primary amides is 1. The second-order valence-corrected chi connectivity index (χ2v) is 5.62. The molecule has 0 fully saturated rings. The first-order chi connectivity index (χ1) is 12.8. The Hall–Kier alpha value is -3.27. The van der Waals surface area contributed by atoms with Crippen molar-refractivity contribution in [1.29, 1.82) is 0 Å². The molecule has 3 aromatic rings. The van der Waals surface area contributed by atoms with Crippen molar-refractivity contribution in [2.45, 2.75) is 6.80 Å². The third-order valence-electron chi connectivity index (χ3n) is 3.59. The molecule has 7 nitrogen and oxygen atoms in total. The van der Waals surface area contributed by atoms with Crippen LogP contribution >= 0.6 is 11.6 Å². The molecular formula is C16H10ClF3N4O3. The number of ether oxygens (including phenoxy) is 1. The van der Waals surface area contributed by atoms with Crippen molar-refractivity contribution in [3.05, 3.63) is 57.6 Å². The van der Waals surface area contributed by atoms with E-state index >= 15 is 0 Å². The molecule has 0 bridgehead atoms. The summed E-state index contributed by atoms with van der Waals surface area (Å²) in [7, 11) is 0. The van der Waals surface area contributed by atoms with E-state index in [0.29, 0.717) is 4.57 Å². The maximum absolute atomic E-state index is 14.8. The first-order valence-corrected chi connectivity index (χ1v) is 7.67. The van der Waals surface area contributed by atoms with Crippen molar-refractivity contribution >= 4 is 40.0 Å². The summed E-state index contributed by atoms with van der Waals surface area (Å²) in [6.07, 6.45) is -0.234. The lowest BCUT2D eigenvalue weighted by Crippen LogP contribution is -2.20. The summed E-state index contributed by atoms with van der Waals surface area (Å²) >= 11 is 5.97. The van der Waals surface area contributed by atoms with Crippen LogP contribution in [-0.4, -0.2) is 15.6 Å². The average Bonchev–Trinajstić information content (AvgIpc) is 2.62. The predicted octanol–water partition coefficient (Wildman–Crippen LogP) is 3.46. The van der Waals surface area contributed by atoms with Crippen LogP contribution in [0, 0.1) is 11.6 Å². The molecule has 2 aromatic carbocycles. The van der Waals surface area contributed by atoms with Gasteiger partial charge in [-0.15, -0.1) is 0 Å². The van der Waals surface area contributed by atoms with Crippen LogP contribution in [0.2, 0.25) is 5.02 Å². The van der Waals surface area contributed by atoms with Gasteiger partial charge in [0.05, 0.1) is 16.9 Å². The van der Waals surface area contributed by atoms with Crippen molar-refractivity contribution in [2.24, 2.45) is 5.73 Å². The lowest BCUT2D eigenvalue weighted by atomic mass is 10.2. The zero-order chi connectivity index (χ0) is 19.7. The Bertz CT molecular complexity index is 1120. The Morgan fingerprint density at radius 2 is 2.04 bits per heavy atom. The van der Waals surface area contributed by atoms with Crippen molar-refractivity contribution in [3.63, 3.8) is 0 Å². The number of anilines is 2. The molecule has 0 unspecified atom stereocenters. The molecule has 0 spiro atoms. The van der Waals surface area contributed by atoms with Gasteiger partial charge >= 0.3 is 6.09 Å². The molecule has 0 saturated carbocycles. The molecule has 1 heterocycles. The zero-order valence-electron chi connectivity index (χ0n) is 13.3. The van der Waals surface area contributed by atoms with E-state index in [2.05, 4.69) is 15.0 Å². The van der Waals surface area contributed by atoms with Gasteiger partial charge in [0, 0.05) is 0 Å². The van der Waals surface area contributed by atoms with E-state index < -0.39 is 41.2 Å². The SMILES string of the molecule is NC(=O)Oc1ccc(F)c(Nc2ccc3ncn(CF)c(=O)c3c2F)c1Cl. The number of benzene rings is 2. The third-order valence-corrected chi connectivity index (χ3v) is 3.96. The molecule has 3 N–H and O–H groups in total. The monoisotopic (exact) mass is 398 g/mol. The van der Waals surface area contributed by atoms with Crippen LogP contribution in [0.25, 0.3) is 10.9 Å². The number of carbonyl (C=O) groups excluding carboxylic acids is 1. The summed E-state index contributed by atoms with van der Waals surface area (Å²) < 4.78 is 46.9.